The van der Waals surface area contributed by atoms with Crippen LogP contribution in [0.25, 0.3) is 5.57 Å². The van der Waals surface area contributed by atoms with Gasteiger partial charge in [-0.15, -0.1) is 0 Å². The third-order valence-corrected chi connectivity index (χ3v) is 7.58. The lowest BCUT2D eigenvalue weighted by atomic mass is 10.00. The van der Waals surface area contributed by atoms with Crippen LogP contribution in [0.2, 0.25) is 0 Å². The van der Waals surface area contributed by atoms with E-state index in [0.29, 0.717) is 28.3 Å². The lowest BCUT2D eigenvalue weighted by Gasteiger charge is -2.31. The molecule has 0 aliphatic carbocycles. The first-order chi connectivity index (χ1) is 14.5. The third kappa shape index (κ3) is 3.87. The summed E-state index contributed by atoms with van der Waals surface area (Å²) < 4.78 is 38.3. The normalized spacial score (nSPS) is 15.9. The molecule has 0 saturated carbocycles. The zero-order chi connectivity index (χ0) is 23.1. The largest absolute Gasteiger partial charge is 0.493 e. The second-order valence-electron chi connectivity index (χ2n) is 7.71. The van der Waals surface area contributed by atoms with Gasteiger partial charge >= 0.3 is 0 Å². The Morgan fingerprint density at radius 1 is 1.03 bits per heavy atom. The molecule has 1 atom stereocenters. The summed E-state index contributed by atoms with van der Waals surface area (Å²) in [5, 5.41) is 2.86. The molecule has 0 radical (unpaired) electrons. The number of fused-ring (bicyclic) bond motifs is 1. The van der Waals surface area contributed by atoms with Gasteiger partial charge in [0, 0.05) is 18.7 Å². The van der Waals surface area contributed by atoms with Gasteiger partial charge in [0.05, 0.1) is 25.9 Å². The Labute approximate surface area is 183 Å². The topological polar surface area (TPSA) is 84.9 Å². The van der Waals surface area contributed by atoms with Crippen LogP contribution in [0.3, 0.4) is 0 Å². The van der Waals surface area contributed by atoms with Crippen LogP contribution >= 0.6 is 0 Å². The van der Waals surface area contributed by atoms with E-state index in [1.165, 1.54) is 21.3 Å². The zero-order valence-electron chi connectivity index (χ0n) is 18.9. The predicted octanol–water partition coefficient (Wildman–Crippen LogP) is 3.71. The number of carbonyl (C=O) groups excluding carboxylic acids is 1. The number of aryl methyl sites for hydroxylation is 2. The lowest BCUT2D eigenvalue weighted by Crippen LogP contribution is -2.39. The zero-order valence-corrected chi connectivity index (χ0v) is 19.7. The number of anilines is 1. The van der Waals surface area contributed by atoms with E-state index in [2.05, 4.69) is 5.32 Å². The Morgan fingerprint density at radius 3 is 2.23 bits per heavy atom. The first-order valence-electron chi connectivity index (χ1n) is 9.87. The molecule has 0 fully saturated rings. The molecule has 2 aromatic carbocycles. The van der Waals surface area contributed by atoms with Gasteiger partial charge in [-0.05, 0) is 50.5 Å². The van der Waals surface area contributed by atoms with Crippen molar-refractivity contribution < 1.29 is 22.7 Å². The highest BCUT2D eigenvalue weighted by Crippen LogP contribution is 2.44. The number of nitrogens with one attached hydrogen (secondary N) is 1. The van der Waals surface area contributed by atoms with E-state index in [4.69, 9.17) is 9.47 Å². The van der Waals surface area contributed by atoms with Crippen molar-refractivity contribution in [1.82, 2.24) is 5.32 Å². The summed E-state index contributed by atoms with van der Waals surface area (Å²) in [6.07, 6.45) is 0. The van der Waals surface area contributed by atoms with Crippen LogP contribution in [0.1, 0.15) is 42.1 Å². The van der Waals surface area contributed by atoms with E-state index in [9.17, 15) is 13.2 Å². The van der Waals surface area contributed by atoms with E-state index in [-0.39, 0.29) is 10.9 Å². The van der Waals surface area contributed by atoms with E-state index < -0.39 is 15.9 Å². The van der Waals surface area contributed by atoms with Crippen LogP contribution in [-0.4, -0.2) is 35.6 Å². The van der Waals surface area contributed by atoms with Crippen molar-refractivity contribution in [3.05, 3.63) is 57.5 Å². The summed E-state index contributed by atoms with van der Waals surface area (Å²) >= 11 is 0. The molecule has 1 N–H and O–H groups in total. The molecule has 7 nitrogen and oxygen atoms in total. The quantitative estimate of drug-likeness (QED) is 0.760. The van der Waals surface area contributed by atoms with Gasteiger partial charge in [0.2, 0.25) is 0 Å². The third-order valence-electron chi connectivity index (χ3n) is 5.65. The molecule has 2 aromatic rings. The van der Waals surface area contributed by atoms with E-state index in [1.807, 2.05) is 39.0 Å². The molecule has 3 rings (SSSR count). The van der Waals surface area contributed by atoms with Gasteiger partial charge in [-0.3, -0.25) is 9.10 Å². The highest BCUT2D eigenvalue weighted by atomic mass is 32.2. The number of allylic oxidation sites excluding steroid dienone is 1. The number of nitrogens with zero attached hydrogens (tertiary/aromatic N) is 1. The molecule has 0 spiro atoms. The molecule has 1 amide bonds. The number of benzene rings is 2. The molecule has 166 valence electrons. The van der Waals surface area contributed by atoms with Gasteiger partial charge in [-0.25, -0.2) is 8.42 Å². The fourth-order valence-electron chi connectivity index (χ4n) is 3.95. The predicted molar refractivity (Wildman–Crippen MR) is 122 cm³/mol. The van der Waals surface area contributed by atoms with E-state index in [0.717, 1.165) is 21.0 Å². The van der Waals surface area contributed by atoms with Gasteiger partial charge in [-0.1, -0.05) is 23.8 Å². The summed E-state index contributed by atoms with van der Waals surface area (Å²) in [6, 6.07) is 8.88. The minimum absolute atomic E-state index is 0.272. The standard InChI is InChI=1S/C23H28N2O5S/c1-13-8-9-17(14(2)10-13)16(4)24-23(26)22-15(3)18-11-20(29-6)21(30-7)12-19(18)25(5)31(22,27)28/h8-12,16H,1-7H3,(H,24,26). The average Bonchev–Trinajstić information content (AvgIpc) is 2.70. The fraction of sp³-hybridized carbons (Fsp3) is 0.348. The van der Waals surface area contributed by atoms with Crippen molar-refractivity contribution in [2.45, 2.75) is 33.7 Å². The summed E-state index contributed by atoms with van der Waals surface area (Å²) in [5.41, 5.74) is 4.47. The number of ether oxygens (including phenoxy) is 2. The summed E-state index contributed by atoms with van der Waals surface area (Å²) in [5.74, 6) is 0.224. The Hall–Kier alpha value is -3.00. The molecule has 1 aliphatic heterocycles. The van der Waals surface area contributed by atoms with Gasteiger partial charge < -0.3 is 14.8 Å². The Kier molecular flexibility index (Phi) is 6.04. The molecular weight excluding hydrogens is 416 g/mol. The summed E-state index contributed by atoms with van der Waals surface area (Å²) in [6.45, 7) is 7.44. The van der Waals surface area contributed by atoms with Gasteiger partial charge in [0.25, 0.3) is 15.9 Å². The first kappa shape index (κ1) is 22.7. The van der Waals surface area contributed by atoms with Crippen LogP contribution < -0.4 is 19.1 Å². The van der Waals surface area contributed by atoms with Crippen molar-refractivity contribution in [3.63, 3.8) is 0 Å². The number of amides is 1. The molecule has 1 heterocycles. The van der Waals surface area contributed by atoms with E-state index >= 15 is 0 Å². The second kappa shape index (κ2) is 8.26. The Bertz CT molecular complexity index is 1180. The SMILES string of the molecule is COc1cc2c(cc1OC)N(C)S(=O)(=O)C(C(=O)NC(C)c1ccc(C)cc1C)=C2C. The second-order valence-corrected chi connectivity index (χ2v) is 9.61. The molecule has 31 heavy (non-hydrogen) atoms. The number of hydrogen-bond donors (Lipinski definition) is 1. The van der Waals surface area contributed by atoms with Gasteiger partial charge in [0.15, 0.2) is 16.4 Å². The number of sulfonamides is 1. The van der Waals surface area contributed by atoms with Crippen LogP contribution in [0.15, 0.2) is 35.2 Å². The van der Waals surface area contributed by atoms with Crippen molar-refractivity contribution in [2.75, 3.05) is 25.6 Å². The highest BCUT2D eigenvalue weighted by Gasteiger charge is 2.38. The van der Waals surface area contributed by atoms with Crippen LogP contribution in [0, 0.1) is 13.8 Å². The maximum atomic E-state index is 13.2. The molecule has 0 saturated heterocycles. The molecule has 0 aromatic heterocycles. The molecule has 1 unspecified atom stereocenters. The number of carbonyl (C=O) groups is 1. The van der Waals surface area contributed by atoms with Crippen LogP contribution in [0.5, 0.6) is 11.5 Å². The van der Waals surface area contributed by atoms with Gasteiger partial charge in [0.1, 0.15) is 0 Å². The molecule has 0 bridgehead atoms. The maximum Gasteiger partial charge on any atom is 0.269 e. The summed E-state index contributed by atoms with van der Waals surface area (Å²) in [7, 11) is 0.365. The molecular formula is C23H28N2O5S. The van der Waals surface area contributed by atoms with Gasteiger partial charge in [-0.2, -0.15) is 0 Å². The number of rotatable bonds is 5. The number of hydrogen-bond acceptors (Lipinski definition) is 5. The first-order valence-corrected chi connectivity index (χ1v) is 11.3. The van der Waals surface area contributed by atoms with Crippen LogP contribution in [-0.2, 0) is 14.8 Å². The lowest BCUT2D eigenvalue weighted by molar-refractivity contribution is -0.117. The minimum atomic E-state index is -4.05. The maximum absolute atomic E-state index is 13.2. The van der Waals surface area contributed by atoms with Crippen molar-refractivity contribution in [1.29, 1.82) is 0 Å². The Morgan fingerprint density at radius 2 is 1.65 bits per heavy atom. The monoisotopic (exact) mass is 444 g/mol. The molecule has 1 aliphatic rings. The molecule has 8 heteroatoms. The summed E-state index contributed by atoms with van der Waals surface area (Å²) in [4.78, 5) is 12.9. The van der Waals surface area contributed by atoms with Crippen molar-refractivity contribution in [2.24, 2.45) is 0 Å². The van der Waals surface area contributed by atoms with E-state index in [1.54, 1.807) is 19.1 Å². The smallest absolute Gasteiger partial charge is 0.269 e. The fourth-order valence-corrected chi connectivity index (χ4v) is 5.42. The van der Waals surface area contributed by atoms with Crippen LogP contribution in [0.4, 0.5) is 5.69 Å². The van der Waals surface area contributed by atoms with Crippen molar-refractivity contribution >= 4 is 27.2 Å². The van der Waals surface area contributed by atoms with Crippen molar-refractivity contribution in [3.8, 4) is 11.5 Å². The average molecular weight is 445 g/mol. The number of methoxy groups -OCH3 is 2. The minimum Gasteiger partial charge on any atom is -0.493 e. The highest BCUT2D eigenvalue weighted by molar-refractivity contribution is 7.97. The Balaban J connectivity index is 2.07.